The first-order valence-electron chi connectivity index (χ1n) is 7.21. The Balaban J connectivity index is 2.00. The number of nitrogens with zero attached hydrogens (tertiary/aromatic N) is 1. The maximum Gasteiger partial charge on any atom is 0.222 e. The average molecular weight is 239 g/mol. The van der Waals surface area contributed by atoms with Gasteiger partial charge in [-0.1, -0.05) is 19.8 Å². The molecule has 0 radical (unpaired) electrons. The fraction of sp³-hybridized carbons (Fsp3) is 0.929. The van der Waals surface area contributed by atoms with Gasteiger partial charge in [-0.05, 0) is 32.1 Å². The van der Waals surface area contributed by atoms with Crippen LogP contribution in [0.15, 0.2) is 0 Å². The number of carbonyl (C=O) groups excluding carboxylic acids is 1. The zero-order valence-electron chi connectivity index (χ0n) is 10.9. The van der Waals surface area contributed by atoms with E-state index in [0.29, 0.717) is 24.3 Å². The molecule has 98 valence electrons. The lowest BCUT2D eigenvalue weighted by atomic mass is 9.80. The Morgan fingerprint density at radius 3 is 2.71 bits per heavy atom. The number of hydrogen-bond donors (Lipinski definition) is 1. The van der Waals surface area contributed by atoms with Gasteiger partial charge < -0.3 is 10.0 Å². The first-order chi connectivity index (χ1) is 8.24. The predicted molar refractivity (Wildman–Crippen MR) is 67.6 cm³/mol. The van der Waals surface area contributed by atoms with E-state index in [-0.39, 0.29) is 6.10 Å². The summed E-state index contributed by atoms with van der Waals surface area (Å²) in [6, 6.07) is 0.323. The highest BCUT2D eigenvalue weighted by Gasteiger charge is 2.38. The summed E-state index contributed by atoms with van der Waals surface area (Å²) < 4.78 is 0. The monoisotopic (exact) mass is 239 g/mol. The van der Waals surface area contributed by atoms with Gasteiger partial charge in [-0.2, -0.15) is 0 Å². The molecule has 0 aromatic rings. The Morgan fingerprint density at radius 1 is 1.24 bits per heavy atom. The summed E-state index contributed by atoms with van der Waals surface area (Å²) in [4.78, 5) is 14.1. The fourth-order valence-electron chi connectivity index (χ4n) is 3.49. The minimum atomic E-state index is -0.177. The smallest absolute Gasteiger partial charge is 0.222 e. The summed E-state index contributed by atoms with van der Waals surface area (Å²) >= 11 is 0. The molecule has 3 atom stereocenters. The van der Waals surface area contributed by atoms with Crippen LogP contribution >= 0.6 is 0 Å². The van der Waals surface area contributed by atoms with Gasteiger partial charge in [0.15, 0.2) is 0 Å². The van der Waals surface area contributed by atoms with Gasteiger partial charge in [-0.25, -0.2) is 0 Å². The first-order valence-corrected chi connectivity index (χ1v) is 7.21. The lowest BCUT2D eigenvalue weighted by Crippen LogP contribution is -2.45. The summed E-state index contributed by atoms with van der Waals surface area (Å²) in [5.41, 5.74) is 0. The highest BCUT2D eigenvalue weighted by atomic mass is 16.3. The van der Waals surface area contributed by atoms with E-state index in [4.69, 9.17) is 0 Å². The second-order valence-corrected chi connectivity index (χ2v) is 5.56. The van der Waals surface area contributed by atoms with Gasteiger partial charge in [0.2, 0.25) is 5.91 Å². The van der Waals surface area contributed by atoms with Crippen molar-refractivity contribution in [2.45, 2.75) is 70.4 Å². The highest BCUT2D eigenvalue weighted by molar-refractivity contribution is 5.76. The minimum absolute atomic E-state index is 0.177. The third kappa shape index (κ3) is 2.82. The molecule has 2 aliphatic rings. The molecule has 3 unspecified atom stereocenters. The van der Waals surface area contributed by atoms with Crippen molar-refractivity contribution >= 4 is 5.91 Å². The van der Waals surface area contributed by atoms with Crippen LogP contribution in [0.5, 0.6) is 0 Å². The quantitative estimate of drug-likeness (QED) is 0.821. The van der Waals surface area contributed by atoms with Crippen molar-refractivity contribution in [2.75, 3.05) is 6.54 Å². The number of aliphatic hydroxyl groups is 1. The molecule has 17 heavy (non-hydrogen) atoms. The van der Waals surface area contributed by atoms with E-state index in [1.54, 1.807) is 0 Å². The summed E-state index contributed by atoms with van der Waals surface area (Å²) in [5, 5.41) is 10.1. The second-order valence-electron chi connectivity index (χ2n) is 5.56. The predicted octanol–water partition coefficient (Wildman–Crippen LogP) is 2.33. The van der Waals surface area contributed by atoms with Crippen LogP contribution in [0.3, 0.4) is 0 Å². The normalized spacial score (nSPS) is 34.0. The zero-order chi connectivity index (χ0) is 12.3. The Bertz CT molecular complexity index is 267. The van der Waals surface area contributed by atoms with Crippen LogP contribution in [-0.4, -0.2) is 34.6 Å². The van der Waals surface area contributed by atoms with E-state index < -0.39 is 0 Å². The van der Waals surface area contributed by atoms with Gasteiger partial charge >= 0.3 is 0 Å². The largest absolute Gasteiger partial charge is 0.393 e. The van der Waals surface area contributed by atoms with Crippen molar-refractivity contribution in [2.24, 2.45) is 5.92 Å². The van der Waals surface area contributed by atoms with Crippen molar-refractivity contribution in [3.8, 4) is 0 Å². The molecule has 0 aromatic heterocycles. The Morgan fingerprint density at radius 2 is 2.00 bits per heavy atom. The molecule has 1 N–H and O–H groups in total. The van der Waals surface area contributed by atoms with Gasteiger partial charge in [0, 0.05) is 24.9 Å². The van der Waals surface area contributed by atoms with Crippen LogP contribution in [0.25, 0.3) is 0 Å². The number of rotatable bonds is 3. The number of hydrogen-bond acceptors (Lipinski definition) is 2. The van der Waals surface area contributed by atoms with Gasteiger partial charge in [-0.3, -0.25) is 4.79 Å². The third-order valence-corrected chi connectivity index (χ3v) is 4.36. The molecule has 2 rings (SSSR count). The summed E-state index contributed by atoms with van der Waals surface area (Å²) in [5.74, 6) is 0.639. The number of carbonyl (C=O) groups is 1. The van der Waals surface area contributed by atoms with Crippen LogP contribution in [0.4, 0.5) is 0 Å². The van der Waals surface area contributed by atoms with E-state index in [2.05, 4.69) is 11.8 Å². The summed E-state index contributed by atoms with van der Waals surface area (Å²) in [6.45, 7) is 2.96. The van der Waals surface area contributed by atoms with E-state index >= 15 is 0 Å². The topological polar surface area (TPSA) is 40.5 Å². The van der Waals surface area contributed by atoms with E-state index in [9.17, 15) is 9.90 Å². The fourth-order valence-corrected chi connectivity index (χ4v) is 3.49. The molecule has 0 spiro atoms. The third-order valence-electron chi connectivity index (χ3n) is 4.36. The van der Waals surface area contributed by atoms with Crippen LogP contribution in [-0.2, 0) is 4.79 Å². The number of likely N-dealkylation sites (tertiary alicyclic amines) is 1. The van der Waals surface area contributed by atoms with Crippen molar-refractivity contribution in [3.63, 3.8) is 0 Å². The number of amides is 1. The zero-order valence-corrected chi connectivity index (χ0v) is 10.9. The Hall–Kier alpha value is -0.570. The van der Waals surface area contributed by atoms with E-state index in [1.165, 1.54) is 6.42 Å². The van der Waals surface area contributed by atoms with Crippen molar-refractivity contribution in [3.05, 3.63) is 0 Å². The van der Waals surface area contributed by atoms with Gasteiger partial charge in [0.25, 0.3) is 0 Å². The molecule has 1 saturated heterocycles. The minimum Gasteiger partial charge on any atom is -0.393 e. The van der Waals surface area contributed by atoms with E-state index in [1.807, 2.05) is 0 Å². The van der Waals surface area contributed by atoms with Gasteiger partial charge in [0.1, 0.15) is 0 Å². The van der Waals surface area contributed by atoms with Crippen molar-refractivity contribution < 1.29 is 9.90 Å². The van der Waals surface area contributed by atoms with E-state index in [0.717, 1.165) is 45.1 Å². The molecule has 1 amide bonds. The first kappa shape index (κ1) is 12.9. The van der Waals surface area contributed by atoms with Crippen LogP contribution < -0.4 is 0 Å². The van der Waals surface area contributed by atoms with Crippen molar-refractivity contribution in [1.82, 2.24) is 4.90 Å². The lowest BCUT2D eigenvalue weighted by Gasteiger charge is -2.37. The van der Waals surface area contributed by atoms with Gasteiger partial charge in [-0.15, -0.1) is 0 Å². The molecule has 0 bridgehead atoms. The summed E-state index contributed by atoms with van der Waals surface area (Å²) in [7, 11) is 0. The molecule has 3 heteroatoms. The second kappa shape index (κ2) is 5.85. The Kier molecular flexibility index (Phi) is 4.43. The molecule has 3 nitrogen and oxygen atoms in total. The molecule has 1 heterocycles. The van der Waals surface area contributed by atoms with Gasteiger partial charge in [0.05, 0.1) is 6.10 Å². The van der Waals surface area contributed by atoms with Crippen LogP contribution in [0.1, 0.15) is 58.3 Å². The molecular weight excluding hydrogens is 214 g/mol. The maximum atomic E-state index is 12.0. The lowest BCUT2D eigenvalue weighted by molar-refractivity contribution is -0.134. The van der Waals surface area contributed by atoms with Crippen molar-refractivity contribution in [1.29, 1.82) is 0 Å². The molecular formula is C14H25NO2. The maximum absolute atomic E-state index is 12.0. The molecule has 2 fully saturated rings. The molecule has 1 aliphatic carbocycles. The average Bonchev–Trinajstić information content (AvgIpc) is 2.79. The number of aliphatic hydroxyl groups excluding tert-OH is 1. The van der Waals surface area contributed by atoms with Crippen LogP contribution in [0.2, 0.25) is 0 Å². The highest BCUT2D eigenvalue weighted by Crippen LogP contribution is 2.34. The Labute approximate surface area is 104 Å². The van der Waals surface area contributed by atoms with Crippen LogP contribution in [0, 0.1) is 5.92 Å². The molecule has 1 aliphatic heterocycles. The summed E-state index contributed by atoms with van der Waals surface area (Å²) in [6.07, 6.45) is 8.01. The SMILES string of the molecule is CCCC(=O)N1CCCC1C1CCCCC1O. The molecule has 1 saturated carbocycles. The molecule has 0 aromatic carbocycles. The standard InChI is InChI=1S/C14H25NO2/c1-2-6-14(17)15-10-5-8-12(15)11-7-3-4-9-13(11)16/h11-13,16H,2-10H2,1H3.